The molecule has 0 bridgehead atoms. The molecule has 1 saturated heterocycles. The van der Waals surface area contributed by atoms with Crippen LogP contribution in [0.2, 0.25) is 5.02 Å². The van der Waals surface area contributed by atoms with Crippen molar-refractivity contribution >= 4 is 39.0 Å². The zero-order valence-electron chi connectivity index (χ0n) is 17.6. The molecular weight excluding hydrogens is 467 g/mol. The molecule has 10 heteroatoms. The lowest BCUT2D eigenvalue weighted by Crippen LogP contribution is -2.49. The SMILES string of the molecule is O=C(Cc1ccc(NS(=O)(=O)c2ccc(F)cc2)cc1)N1CCN(c2ncccc2Cl)CC1. The Morgan fingerprint density at radius 1 is 1.00 bits per heavy atom. The van der Waals surface area contributed by atoms with E-state index in [2.05, 4.69) is 14.6 Å². The van der Waals surface area contributed by atoms with Crippen molar-refractivity contribution in [2.75, 3.05) is 35.8 Å². The van der Waals surface area contributed by atoms with E-state index in [1.165, 1.54) is 12.1 Å². The number of pyridine rings is 1. The molecule has 2 aromatic carbocycles. The number of piperazine rings is 1. The third-order valence-corrected chi connectivity index (χ3v) is 7.05. The Morgan fingerprint density at radius 3 is 2.30 bits per heavy atom. The average Bonchev–Trinajstić information content (AvgIpc) is 2.81. The minimum atomic E-state index is -3.83. The number of carbonyl (C=O) groups excluding carboxylic acids is 1. The largest absolute Gasteiger partial charge is 0.352 e. The Bertz CT molecular complexity index is 1230. The second-order valence-corrected chi connectivity index (χ2v) is 9.70. The van der Waals surface area contributed by atoms with Gasteiger partial charge in [-0.3, -0.25) is 9.52 Å². The summed E-state index contributed by atoms with van der Waals surface area (Å²) in [6.45, 7) is 2.43. The van der Waals surface area contributed by atoms with E-state index in [1.54, 1.807) is 47.5 Å². The molecule has 1 amide bonds. The third kappa shape index (κ3) is 5.61. The summed E-state index contributed by atoms with van der Waals surface area (Å²) in [5.41, 5.74) is 1.14. The molecule has 1 fully saturated rings. The third-order valence-electron chi connectivity index (χ3n) is 5.36. The zero-order valence-corrected chi connectivity index (χ0v) is 19.2. The smallest absolute Gasteiger partial charge is 0.261 e. The van der Waals surface area contributed by atoms with Crippen molar-refractivity contribution in [1.82, 2.24) is 9.88 Å². The average molecular weight is 489 g/mol. The van der Waals surface area contributed by atoms with E-state index in [0.29, 0.717) is 36.9 Å². The van der Waals surface area contributed by atoms with Crippen molar-refractivity contribution in [2.45, 2.75) is 11.3 Å². The first-order valence-corrected chi connectivity index (χ1v) is 12.2. The molecule has 7 nitrogen and oxygen atoms in total. The Hall–Kier alpha value is -3.17. The number of sulfonamides is 1. The second-order valence-electron chi connectivity index (χ2n) is 7.61. The standard InChI is InChI=1S/C23H22ClFN4O3S/c24-21-2-1-11-26-23(21)29-14-12-28(13-15-29)22(30)16-17-3-7-19(8-4-17)27-33(31,32)20-9-5-18(25)6-10-20/h1-11,27H,12-16H2. The quantitative estimate of drug-likeness (QED) is 0.573. The van der Waals surface area contributed by atoms with Crippen LogP contribution in [0.25, 0.3) is 0 Å². The summed E-state index contributed by atoms with van der Waals surface area (Å²) < 4.78 is 40.3. The molecule has 1 aromatic heterocycles. The Balaban J connectivity index is 1.32. The van der Waals surface area contributed by atoms with Gasteiger partial charge in [0.15, 0.2) is 0 Å². The summed E-state index contributed by atoms with van der Waals surface area (Å²) in [5.74, 6) is 0.219. The normalized spacial score (nSPS) is 14.2. The number of aromatic nitrogens is 1. The van der Waals surface area contributed by atoms with Crippen LogP contribution in [0.15, 0.2) is 71.8 Å². The number of amides is 1. The van der Waals surface area contributed by atoms with Crippen molar-refractivity contribution in [3.05, 3.63) is 83.3 Å². The van der Waals surface area contributed by atoms with Crippen LogP contribution in [0.5, 0.6) is 0 Å². The summed E-state index contributed by atoms with van der Waals surface area (Å²) in [6, 6.07) is 14.8. The maximum Gasteiger partial charge on any atom is 0.261 e. The van der Waals surface area contributed by atoms with Gasteiger partial charge in [-0.1, -0.05) is 23.7 Å². The number of hydrogen-bond acceptors (Lipinski definition) is 5. The van der Waals surface area contributed by atoms with Gasteiger partial charge in [-0.15, -0.1) is 0 Å². The van der Waals surface area contributed by atoms with E-state index in [4.69, 9.17) is 11.6 Å². The highest BCUT2D eigenvalue weighted by Crippen LogP contribution is 2.23. The van der Waals surface area contributed by atoms with Crippen molar-refractivity contribution in [3.63, 3.8) is 0 Å². The van der Waals surface area contributed by atoms with Gasteiger partial charge < -0.3 is 9.80 Å². The molecule has 0 unspecified atom stereocenters. The minimum Gasteiger partial charge on any atom is -0.352 e. The molecule has 0 radical (unpaired) electrons. The number of halogens is 2. The van der Waals surface area contributed by atoms with Crippen molar-refractivity contribution in [3.8, 4) is 0 Å². The molecule has 33 heavy (non-hydrogen) atoms. The summed E-state index contributed by atoms with van der Waals surface area (Å²) in [7, 11) is -3.83. The van der Waals surface area contributed by atoms with Crippen LogP contribution < -0.4 is 9.62 Å². The number of carbonyl (C=O) groups is 1. The number of anilines is 2. The van der Waals surface area contributed by atoms with Gasteiger partial charge in [0.25, 0.3) is 10.0 Å². The van der Waals surface area contributed by atoms with Crippen molar-refractivity contribution < 1.29 is 17.6 Å². The number of hydrogen-bond donors (Lipinski definition) is 1. The number of nitrogens with zero attached hydrogens (tertiary/aromatic N) is 3. The lowest BCUT2D eigenvalue weighted by Gasteiger charge is -2.35. The van der Waals surface area contributed by atoms with Crippen LogP contribution in [-0.4, -0.2) is 50.4 Å². The van der Waals surface area contributed by atoms with E-state index < -0.39 is 15.8 Å². The van der Waals surface area contributed by atoms with Gasteiger partial charge in [-0.2, -0.15) is 0 Å². The number of nitrogens with one attached hydrogen (secondary N) is 1. The lowest BCUT2D eigenvalue weighted by molar-refractivity contribution is -0.130. The zero-order chi connectivity index (χ0) is 23.4. The van der Waals surface area contributed by atoms with Crippen molar-refractivity contribution in [1.29, 1.82) is 0 Å². The molecular formula is C23H22ClFN4O3S. The minimum absolute atomic E-state index is 0.00131. The fourth-order valence-corrected chi connectivity index (χ4v) is 4.88. The highest BCUT2D eigenvalue weighted by Gasteiger charge is 2.23. The first kappa shape index (κ1) is 23.0. The van der Waals surface area contributed by atoms with Gasteiger partial charge in [0.1, 0.15) is 11.6 Å². The summed E-state index contributed by atoms with van der Waals surface area (Å²) in [6.07, 6.45) is 1.91. The van der Waals surface area contributed by atoms with Gasteiger partial charge in [0.2, 0.25) is 5.91 Å². The first-order chi connectivity index (χ1) is 15.8. The summed E-state index contributed by atoms with van der Waals surface area (Å²) in [5, 5.41) is 0.590. The highest BCUT2D eigenvalue weighted by molar-refractivity contribution is 7.92. The molecule has 0 atom stereocenters. The van der Waals surface area contributed by atoms with E-state index in [9.17, 15) is 17.6 Å². The first-order valence-electron chi connectivity index (χ1n) is 10.3. The maximum atomic E-state index is 13.0. The summed E-state index contributed by atoms with van der Waals surface area (Å²) >= 11 is 6.22. The maximum absolute atomic E-state index is 13.0. The molecule has 4 rings (SSSR count). The topological polar surface area (TPSA) is 82.6 Å². The lowest BCUT2D eigenvalue weighted by atomic mass is 10.1. The van der Waals surface area contributed by atoms with Gasteiger partial charge in [0.05, 0.1) is 16.3 Å². The van der Waals surface area contributed by atoms with Crippen LogP contribution in [-0.2, 0) is 21.2 Å². The summed E-state index contributed by atoms with van der Waals surface area (Å²) in [4.78, 5) is 20.9. The molecule has 0 spiro atoms. The monoisotopic (exact) mass is 488 g/mol. The van der Waals surface area contributed by atoms with E-state index >= 15 is 0 Å². The van der Waals surface area contributed by atoms with Crippen LogP contribution in [0.1, 0.15) is 5.56 Å². The fraction of sp³-hybridized carbons (Fsp3) is 0.217. The Kier molecular flexibility index (Phi) is 6.80. The number of benzene rings is 2. The van der Waals surface area contributed by atoms with Crippen molar-refractivity contribution in [2.24, 2.45) is 0 Å². The Morgan fingerprint density at radius 2 is 1.67 bits per heavy atom. The molecule has 0 saturated carbocycles. The van der Waals surface area contributed by atoms with E-state index in [-0.39, 0.29) is 17.2 Å². The van der Waals surface area contributed by atoms with Crippen LogP contribution in [0.4, 0.5) is 15.9 Å². The molecule has 172 valence electrons. The molecule has 1 aliphatic heterocycles. The predicted octanol–water partition coefficient (Wildman–Crippen LogP) is 3.57. The van der Waals surface area contributed by atoms with Gasteiger partial charge in [-0.25, -0.2) is 17.8 Å². The molecule has 1 aliphatic rings. The predicted molar refractivity (Wildman–Crippen MR) is 125 cm³/mol. The van der Waals surface area contributed by atoms with Gasteiger partial charge in [-0.05, 0) is 54.1 Å². The fourth-order valence-electron chi connectivity index (χ4n) is 3.58. The van der Waals surface area contributed by atoms with E-state index in [1.807, 2.05) is 0 Å². The van der Waals surface area contributed by atoms with E-state index in [0.717, 1.165) is 23.5 Å². The Labute approximate surface area is 196 Å². The molecule has 2 heterocycles. The number of rotatable bonds is 6. The van der Waals surface area contributed by atoms with Crippen LogP contribution >= 0.6 is 11.6 Å². The molecule has 1 N–H and O–H groups in total. The molecule has 0 aliphatic carbocycles. The second kappa shape index (κ2) is 9.76. The highest BCUT2D eigenvalue weighted by atomic mass is 35.5. The molecule has 3 aromatic rings. The van der Waals surface area contributed by atoms with Crippen LogP contribution in [0, 0.1) is 5.82 Å². The van der Waals surface area contributed by atoms with Crippen LogP contribution in [0.3, 0.4) is 0 Å². The van der Waals surface area contributed by atoms with Gasteiger partial charge in [0, 0.05) is 38.1 Å². The van der Waals surface area contributed by atoms with Gasteiger partial charge >= 0.3 is 0 Å².